The number of amides is 2. The predicted octanol–water partition coefficient (Wildman–Crippen LogP) is 5.34. The number of rotatable bonds is 4. The Hall–Kier alpha value is -3.66. The Kier molecular flexibility index (Phi) is 5.24. The molecule has 31 heavy (non-hydrogen) atoms. The zero-order chi connectivity index (χ0) is 22.3. The lowest BCUT2D eigenvalue weighted by Crippen LogP contribution is -2.34. The van der Waals surface area contributed by atoms with Gasteiger partial charge in [0.2, 0.25) is 0 Å². The number of hydrogen-bond donors (Lipinski definition) is 0. The molecule has 0 aliphatic carbocycles. The number of aryl methyl sites for hydroxylation is 4. The largest absolute Gasteiger partial charge is 0.339 e. The minimum absolute atomic E-state index is 0.292. The van der Waals surface area contributed by atoms with E-state index in [-0.39, 0.29) is 11.8 Å². The Morgan fingerprint density at radius 3 is 2.06 bits per heavy atom. The molecule has 3 aromatic rings. The maximum absolute atomic E-state index is 13.7. The molecule has 1 heterocycles. The van der Waals surface area contributed by atoms with Crippen molar-refractivity contribution in [2.24, 2.45) is 0 Å². The van der Waals surface area contributed by atoms with Crippen LogP contribution >= 0.6 is 0 Å². The molecule has 0 aromatic heterocycles. The van der Waals surface area contributed by atoms with E-state index in [1.165, 1.54) is 4.90 Å². The lowest BCUT2D eigenvalue weighted by molar-refractivity contribution is -0.120. The second-order valence-corrected chi connectivity index (χ2v) is 8.15. The summed E-state index contributed by atoms with van der Waals surface area (Å²) < 4.78 is 0. The minimum Gasteiger partial charge on any atom is -0.339 e. The van der Waals surface area contributed by atoms with Gasteiger partial charge in [0.15, 0.2) is 0 Å². The Balaban J connectivity index is 1.93. The Morgan fingerprint density at radius 2 is 1.39 bits per heavy atom. The smallest absolute Gasteiger partial charge is 0.282 e. The van der Waals surface area contributed by atoms with E-state index in [1.807, 2.05) is 106 Å². The number of benzene rings is 3. The first-order valence-electron chi connectivity index (χ1n) is 10.4. The quantitative estimate of drug-likeness (QED) is 0.545. The van der Waals surface area contributed by atoms with Gasteiger partial charge in [0.25, 0.3) is 11.8 Å². The van der Waals surface area contributed by atoms with Gasteiger partial charge >= 0.3 is 0 Å². The highest BCUT2D eigenvalue weighted by atomic mass is 16.2. The Morgan fingerprint density at radius 1 is 0.710 bits per heavy atom. The van der Waals surface area contributed by atoms with Crippen LogP contribution < -0.4 is 9.80 Å². The van der Waals surface area contributed by atoms with Crippen molar-refractivity contribution in [3.63, 3.8) is 0 Å². The molecule has 3 aromatic carbocycles. The van der Waals surface area contributed by atoms with Gasteiger partial charge in [0.05, 0.1) is 11.3 Å². The summed E-state index contributed by atoms with van der Waals surface area (Å²) in [5.74, 6) is -0.599. The summed E-state index contributed by atoms with van der Waals surface area (Å²) in [6.07, 6.45) is 0. The fourth-order valence-electron chi connectivity index (χ4n) is 3.95. The van der Waals surface area contributed by atoms with Gasteiger partial charge in [-0.25, -0.2) is 4.90 Å². The third-order valence-electron chi connectivity index (χ3n) is 5.94. The molecule has 0 atom stereocenters. The summed E-state index contributed by atoms with van der Waals surface area (Å²) in [4.78, 5) is 30.6. The first-order chi connectivity index (χ1) is 14.8. The summed E-state index contributed by atoms with van der Waals surface area (Å²) in [5.41, 5.74) is 7.17. The van der Waals surface area contributed by atoms with Crippen LogP contribution in [-0.2, 0) is 9.59 Å². The van der Waals surface area contributed by atoms with Crippen LogP contribution in [0.15, 0.2) is 72.4 Å². The van der Waals surface area contributed by atoms with Crippen molar-refractivity contribution in [2.45, 2.75) is 27.7 Å². The van der Waals surface area contributed by atoms with E-state index in [1.54, 1.807) is 0 Å². The van der Waals surface area contributed by atoms with Crippen LogP contribution in [0.3, 0.4) is 0 Å². The summed E-state index contributed by atoms with van der Waals surface area (Å²) in [7, 11) is 1.84. The standard InChI is InChI=1S/C27H26N2O2/c1-17-11-12-19(3)23(15-17)29-26(30)24(21-14-13-18(2)20(4)16-21)25(27(29)31)28(5)22-9-7-6-8-10-22/h6-16H,1-5H3. The molecule has 0 spiro atoms. The Labute approximate surface area is 183 Å². The summed E-state index contributed by atoms with van der Waals surface area (Å²) >= 11 is 0. The number of para-hydroxylation sites is 1. The molecule has 0 unspecified atom stereocenters. The number of carbonyl (C=O) groups excluding carboxylic acids is 2. The highest BCUT2D eigenvalue weighted by molar-refractivity contribution is 6.46. The van der Waals surface area contributed by atoms with E-state index in [0.717, 1.165) is 33.5 Å². The van der Waals surface area contributed by atoms with Crippen LogP contribution in [0.1, 0.15) is 27.8 Å². The van der Waals surface area contributed by atoms with Gasteiger partial charge in [-0.05, 0) is 73.7 Å². The van der Waals surface area contributed by atoms with Gasteiger partial charge in [0, 0.05) is 12.7 Å². The van der Waals surface area contributed by atoms with E-state index in [9.17, 15) is 9.59 Å². The first kappa shape index (κ1) is 20.6. The normalized spacial score (nSPS) is 13.9. The Bertz CT molecular complexity index is 1230. The molecular formula is C27H26N2O2. The first-order valence-corrected chi connectivity index (χ1v) is 10.4. The molecule has 0 N–H and O–H groups in total. The zero-order valence-electron chi connectivity index (χ0n) is 18.6. The molecule has 1 aliphatic heterocycles. The molecule has 0 radical (unpaired) electrons. The topological polar surface area (TPSA) is 40.6 Å². The van der Waals surface area contributed by atoms with Crippen LogP contribution in [0.4, 0.5) is 11.4 Å². The van der Waals surface area contributed by atoms with Gasteiger partial charge in [-0.1, -0.05) is 48.5 Å². The van der Waals surface area contributed by atoms with Crippen LogP contribution in [0, 0.1) is 27.7 Å². The third-order valence-corrected chi connectivity index (χ3v) is 5.94. The molecule has 0 bridgehead atoms. The molecule has 0 saturated heterocycles. The highest BCUT2D eigenvalue weighted by Gasteiger charge is 2.42. The van der Waals surface area contributed by atoms with Crippen molar-refractivity contribution in [3.05, 3.63) is 100 Å². The number of carbonyl (C=O) groups is 2. The van der Waals surface area contributed by atoms with Gasteiger partial charge in [-0.15, -0.1) is 0 Å². The molecule has 2 amide bonds. The van der Waals surface area contributed by atoms with Crippen molar-refractivity contribution in [3.8, 4) is 0 Å². The van der Waals surface area contributed by atoms with Gasteiger partial charge in [-0.3, -0.25) is 9.59 Å². The van der Waals surface area contributed by atoms with Crippen molar-refractivity contribution in [2.75, 3.05) is 16.8 Å². The fraction of sp³-hybridized carbons (Fsp3) is 0.185. The highest BCUT2D eigenvalue weighted by Crippen LogP contribution is 2.37. The number of anilines is 2. The number of likely N-dealkylation sites (N-methyl/N-ethyl adjacent to an activating group) is 1. The predicted molar refractivity (Wildman–Crippen MR) is 126 cm³/mol. The van der Waals surface area contributed by atoms with Gasteiger partial charge < -0.3 is 4.90 Å². The number of nitrogens with zero attached hydrogens (tertiary/aromatic N) is 2. The molecule has 1 aliphatic rings. The van der Waals surface area contributed by atoms with E-state index in [2.05, 4.69) is 0 Å². The van der Waals surface area contributed by atoms with Crippen molar-refractivity contribution in [1.82, 2.24) is 0 Å². The number of imide groups is 1. The van der Waals surface area contributed by atoms with Crippen LogP contribution in [-0.4, -0.2) is 18.9 Å². The molecule has 0 saturated carbocycles. The van der Waals surface area contributed by atoms with Crippen LogP contribution in [0.2, 0.25) is 0 Å². The molecule has 0 fully saturated rings. The van der Waals surface area contributed by atoms with E-state index >= 15 is 0 Å². The molecule has 4 rings (SSSR count). The van der Waals surface area contributed by atoms with E-state index in [4.69, 9.17) is 0 Å². The fourth-order valence-corrected chi connectivity index (χ4v) is 3.95. The minimum atomic E-state index is -0.307. The average Bonchev–Trinajstić information content (AvgIpc) is 3.02. The lowest BCUT2D eigenvalue weighted by atomic mass is 9.99. The van der Waals surface area contributed by atoms with Crippen molar-refractivity contribution >= 4 is 28.8 Å². The molecule has 4 nitrogen and oxygen atoms in total. The zero-order valence-corrected chi connectivity index (χ0v) is 18.6. The monoisotopic (exact) mass is 410 g/mol. The maximum atomic E-state index is 13.7. The third kappa shape index (κ3) is 3.55. The van der Waals surface area contributed by atoms with Crippen molar-refractivity contribution < 1.29 is 9.59 Å². The SMILES string of the molecule is Cc1ccc(C)c(N2C(=O)C(c3ccc(C)c(C)c3)=C(N(C)c3ccccc3)C2=O)c1. The lowest BCUT2D eigenvalue weighted by Gasteiger charge is -2.22. The van der Waals surface area contributed by atoms with E-state index in [0.29, 0.717) is 17.0 Å². The number of hydrogen-bond acceptors (Lipinski definition) is 3. The van der Waals surface area contributed by atoms with Gasteiger partial charge in [-0.2, -0.15) is 0 Å². The average molecular weight is 411 g/mol. The maximum Gasteiger partial charge on any atom is 0.282 e. The van der Waals surface area contributed by atoms with Crippen LogP contribution in [0.5, 0.6) is 0 Å². The second-order valence-electron chi connectivity index (χ2n) is 8.15. The summed E-state index contributed by atoms with van der Waals surface area (Å²) in [5, 5.41) is 0. The summed E-state index contributed by atoms with van der Waals surface area (Å²) in [6, 6.07) is 21.4. The molecular weight excluding hydrogens is 384 g/mol. The molecule has 4 heteroatoms. The summed E-state index contributed by atoms with van der Waals surface area (Å²) in [6.45, 7) is 7.94. The van der Waals surface area contributed by atoms with Crippen LogP contribution in [0.25, 0.3) is 5.57 Å². The second kappa shape index (κ2) is 7.88. The van der Waals surface area contributed by atoms with E-state index < -0.39 is 0 Å². The van der Waals surface area contributed by atoms with Crippen molar-refractivity contribution in [1.29, 1.82) is 0 Å². The molecule has 156 valence electrons. The van der Waals surface area contributed by atoms with Gasteiger partial charge in [0.1, 0.15) is 5.70 Å².